The molecule has 11 heteroatoms. The molecule has 1 saturated heterocycles. The van der Waals surface area contributed by atoms with Crippen LogP contribution in [0.2, 0.25) is 0 Å². The third kappa shape index (κ3) is 5.77. The van der Waals surface area contributed by atoms with Crippen LogP contribution in [0.1, 0.15) is 51.5 Å². The van der Waals surface area contributed by atoms with Gasteiger partial charge < -0.3 is 21.3 Å². The van der Waals surface area contributed by atoms with E-state index in [1.54, 1.807) is 35.9 Å². The summed E-state index contributed by atoms with van der Waals surface area (Å²) in [6.07, 6.45) is 7.51. The number of amides is 3. The van der Waals surface area contributed by atoms with Crippen molar-refractivity contribution in [2.45, 2.75) is 69.6 Å². The average molecular weight is 551 g/mol. The first-order valence-electron chi connectivity index (χ1n) is 14.3. The summed E-state index contributed by atoms with van der Waals surface area (Å²) in [7, 11) is 2.22. The number of hydrogen-bond acceptors (Lipinski definition) is 7. The molecule has 3 aliphatic rings. The lowest BCUT2D eigenvalue weighted by molar-refractivity contribution is -0.137. The number of hydrogen-bond donors (Lipinski definition) is 3. The summed E-state index contributed by atoms with van der Waals surface area (Å²) < 4.78 is 1.46. The molecule has 1 aromatic carbocycles. The molecule has 2 bridgehead atoms. The molecule has 3 amide bonds. The second-order valence-electron chi connectivity index (χ2n) is 12.3. The average Bonchev–Trinajstić information content (AvgIpc) is 3.31. The van der Waals surface area contributed by atoms with Gasteiger partial charge in [-0.05, 0) is 82.7 Å². The zero-order valence-corrected chi connectivity index (χ0v) is 23.8. The van der Waals surface area contributed by atoms with Gasteiger partial charge in [-0.15, -0.1) is 0 Å². The maximum Gasteiger partial charge on any atom is 0.354 e. The van der Waals surface area contributed by atoms with Crippen LogP contribution in [0.25, 0.3) is 5.69 Å². The Hall–Kier alpha value is -3.28. The highest BCUT2D eigenvalue weighted by atomic mass is 16.2. The Morgan fingerprint density at radius 1 is 1.07 bits per heavy atom. The zero-order valence-electron chi connectivity index (χ0n) is 23.8. The lowest BCUT2D eigenvalue weighted by Crippen LogP contribution is -2.58. The van der Waals surface area contributed by atoms with Crippen molar-refractivity contribution in [3.63, 3.8) is 0 Å². The number of aromatic nitrogens is 2. The SMILES string of the molecule is CN(Cc1ccc(-n2ccc(NC(=O)N3CCN(C(=O)C(C)(C)N)CC3)nc2=O)cc1)C12CCC(N)C(CC1)C2. The summed E-state index contributed by atoms with van der Waals surface area (Å²) in [6.45, 7) is 5.77. The van der Waals surface area contributed by atoms with Gasteiger partial charge in [0.25, 0.3) is 0 Å². The van der Waals surface area contributed by atoms with Gasteiger partial charge in [0.15, 0.2) is 0 Å². The van der Waals surface area contributed by atoms with E-state index >= 15 is 0 Å². The number of anilines is 1. The molecule has 3 fully saturated rings. The standard InChI is InChI=1S/C29H42N8O3/c1-28(2,31)25(38)35-14-16-36(17-15-35)26(39)32-24-10-13-37(27(40)33-24)22-6-4-20(5-7-22)19-34(3)29-11-8-21(18-29)23(30)9-12-29/h4-7,10,13,21,23H,8-9,11-12,14-19,30-31H2,1-3H3,(H,32,33,39,40). The first-order valence-corrected chi connectivity index (χ1v) is 14.3. The second kappa shape index (κ2) is 10.9. The topological polar surface area (TPSA) is 143 Å². The number of nitrogens with zero attached hydrogens (tertiary/aromatic N) is 5. The number of carbonyl (C=O) groups is 2. The van der Waals surface area contributed by atoms with Gasteiger partial charge in [0.1, 0.15) is 5.82 Å². The van der Waals surface area contributed by atoms with Crippen LogP contribution in [-0.4, -0.2) is 86.5 Å². The number of nitrogens with two attached hydrogens (primary N) is 2. The Bertz CT molecular complexity index is 1300. The lowest BCUT2D eigenvalue weighted by Gasteiger charge is -2.43. The molecule has 2 aliphatic carbocycles. The van der Waals surface area contributed by atoms with E-state index in [-0.39, 0.29) is 23.3 Å². The van der Waals surface area contributed by atoms with Gasteiger partial charge in [0.2, 0.25) is 5.91 Å². The van der Waals surface area contributed by atoms with Crippen LogP contribution in [0.5, 0.6) is 0 Å². The van der Waals surface area contributed by atoms with Gasteiger partial charge in [-0.25, -0.2) is 9.59 Å². The van der Waals surface area contributed by atoms with Crippen molar-refractivity contribution >= 4 is 17.8 Å². The number of rotatable bonds is 6. The van der Waals surface area contributed by atoms with Gasteiger partial charge in [0.05, 0.1) is 11.2 Å². The van der Waals surface area contributed by atoms with E-state index in [0.717, 1.165) is 19.4 Å². The van der Waals surface area contributed by atoms with Crippen molar-refractivity contribution < 1.29 is 9.59 Å². The van der Waals surface area contributed by atoms with Crippen molar-refractivity contribution in [1.82, 2.24) is 24.3 Å². The van der Waals surface area contributed by atoms with Gasteiger partial charge in [0, 0.05) is 50.5 Å². The van der Waals surface area contributed by atoms with E-state index in [4.69, 9.17) is 11.5 Å². The molecular formula is C29H42N8O3. The minimum Gasteiger partial charge on any atom is -0.338 e. The fourth-order valence-corrected chi connectivity index (χ4v) is 6.53. The largest absolute Gasteiger partial charge is 0.354 e. The Morgan fingerprint density at radius 2 is 1.73 bits per heavy atom. The molecule has 11 nitrogen and oxygen atoms in total. The van der Waals surface area contributed by atoms with Crippen molar-refractivity contribution in [2.24, 2.45) is 17.4 Å². The van der Waals surface area contributed by atoms with Gasteiger partial charge in [-0.1, -0.05) is 12.1 Å². The molecular weight excluding hydrogens is 508 g/mol. The van der Waals surface area contributed by atoms with Crippen LogP contribution in [0.4, 0.5) is 10.6 Å². The van der Waals surface area contributed by atoms with Gasteiger partial charge in [-0.3, -0.25) is 19.6 Å². The fraction of sp³-hybridized carbons (Fsp3) is 0.586. The summed E-state index contributed by atoms with van der Waals surface area (Å²) in [5, 5.41) is 2.70. The van der Waals surface area contributed by atoms with Crippen LogP contribution in [0.3, 0.4) is 0 Å². The number of urea groups is 1. The lowest BCUT2D eigenvalue weighted by atomic mass is 9.79. The molecule has 1 aromatic heterocycles. The summed E-state index contributed by atoms with van der Waals surface area (Å²) in [5.74, 6) is 0.696. The Labute approximate surface area is 235 Å². The summed E-state index contributed by atoms with van der Waals surface area (Å²) >= 11 is 0. The number of fused-ring (bicyclic) bond motifs is 2. The normalized spacial score (nSPS) is 24.9. The van der Waals surface area contributed by atoms with E-state index in [0.29, 0.717) is 43.8 Å². The minimum atomic E-state index is -0.946. The zero-order chi connectivity index (χ0) is 28.7. The molecule has 3 unspecified atom stereocenters. The van der Waals surface area contributed by atoms with Crippen molar-refractivity contribution in [3.8, 4) is 5.69 Å². The fourth-order valence-electron chi connectivity index (χ4n) is 6.53. The highest BCUT2D eigenvalue weighted by Crippen LogP contribution is 2.48. The summed E-state index contributed by atoms with van der Waals surface area (Å²) in [4.78, 5) is 47.7. The molecule has 2 saturated carbocycles. The highest BCUT2D eigenvalue weighted by Gasteiger charge is 2.47. The molecule has 2 heterocycles. The third-order valence-electron chi connectivity index (χ3n) is 9.06. The first-order chi connectivity index (χ1) is 18.9. The number of benzene rings is 1. The maximum absolute atomic E-state index is 12.8. The van der Waals surface area contributed by atoms with Crippen molar-refractivity contribution in [2.75, 3.05) is 38.5 Å². The Balaban J connectivity index is 1.17. The first kappa shape index (κ1) is 28.3. The van der Waals surface area contributed by atoms with Crippen molar-refractivity contribution in [1.29, 1.82) is 0 Å². The predicted molar refractivity (Wildman–Crippen MR) is 154 cm³/mol. The van der Waals surface area contributed by atoms with Gasteiger partial charge in [-0.2, -0.15) is 4.98 Å². The molecule has 5 N–H and O–H groups in total. The smallest absolute Gasteiger partial charge is 0.338 e. The van der Waals surface area contributed by atoms with Crippen molar-refractivity contribution in [3.05, 3.63) is 52.6 Å². The molecule has 3 atom stereocenters. The molecule has 5 rings (SSSR count). The number of piperazine rings is 1. The van der Waals surface area contributed by atoms with E-state index in [1.807, 2.05) is 12.1 Å². The Kier molecular flexibility index (Phi) is 7.73. The minimum absolute atomic E-state index is 0.140. The number of nitrogens with one attached hydrogen (secondary N) is 1. The Morgan fingerprint density at radius 3 is 2.38 bits per heavy atom. The van der Waals surface area contributed by atoms with E-state index in [9.17, 15) is 14.4 Å². The van der Waals surface area contributed by atoms with E-state index in [1.165, 1.54) is 29.4 Å². The van der Waals surface area contributed by atoms with E-state index in [2.05, 4.69) is 34.4 Å². The maximum atomic E-state index is 12.8. The van der Waals surface area contributed by atoms with Crippen LogP contribution in [0, 0.1) is 5.92 Å². The highest BCUT2D eigenvalue weighted by molar-refractivity contribution is 5.89. The second-order valence-corrected chi connectivity index (χ2v) is 12.3. The van der Waals surface area contributed by atoms with Crippen LogP contribution in [-0.2, 0) is 11.3 Å². The van der Waals surface area contributed by atoms with E-state index < -0.39 is 11.2 Å². The molecule has 2 aromatic rings. The summed E-state index contributed by atoms with van der Waals surface area (Å²) in [6, 6.07) is 9.58. The molecule has 40 heavy (non-hydrogen) atoms. The molecule has 0 spiro atoms. The predicted octanol–water partition coefficient (Wildman–Crippen LogP) is 1.74. The number of carbonyl (C=O) groups excluding carboxylic acids is 2. The van der Waals surface area contributed by atoms with Crippen LogP contribution >= 0.6 is 0 Å². The van der Waals surface area contributed by atoms with Gasteiger partial charge >= 0.3 is 11.7 Å². The molecule has 1 aliphatic heterocycles. The molecule has 0 radical (unpaired) electrons. The third-order valence-corrected chi connectivity index (χ3v) is 9.06. The molecule has 216 valence electrons. The monoisotopic (exact) mass is 550 g/mol. The quantitative estimate of drug-likeness (QED) is 0.497. The summed E-state index contributed by atoms with van der Waals surface area (Å²) in [5.41, 5.74) is 13.0. The van der Waals surface area contributed by atoms with Crippen LogP contribution in [0.15, 0.2) is 41.3 Å². The van der Waals surface area contributed by atoms with Crippen LogP contribution < -0.4 is 22.5 Å².